The van der Waals surface area contributed by atoms with Gasteiger partial charge in [0.2, 0.25) is 5.91 Å². The highest BCUT2D eigenvalue weighted by atomic mass is 16.5. The van der Waals surface area contributed by atoms with Crippen molar-refractivity contribution in [1.29, 1.82) is 0 Å². The summed E-state index contributed by atoms with van der Waals surface area (Å²) < 4.78 is 5.38. The van der Waals surface area contributed by atoms with E-state index in [0.29, 0.717) is 6.61 Å². The smallest absolute Gasteiger partial charge is 0.228 e. The molecule has 3 aliphatic heterocycles. The minimum atomic E-state index is 0.0624. The van der Waals surface area contributed by atoms with Crippen molar-refractivity contribution in [1.82, 2.24) is 14.9 Å². The topological polar surface area (TPSA) is 61.8 Å². The van der Waals surface area contributed by atoms with Crippen molar-refractivity contribution in [3.05, 3.63) is 24.5 Å². The molecule has 0 spiro atoms. The molecule has 0 bridgehead atoms. The van der Waals surface area contributed by atoms with Gasteiger partial charge in [0.15, 0.2) is 0 Å². The lowest BCUT2D eigenvalue weighted by molar-refractivity contribution is -0.135. The Morgan fingerprint density at radius 2 is 1.82 bits per heavy atom. The summed E-state index contributed by atoms with van der Waals surface area (Å²) in [6, 6.07) is 6.47. The van der Waals surface area contributed by atoms with Gasteiger partial charge in [-0.15, -0.1) is 0 Å². The maximum Gasteiger partial charge on any atom is 0.228 e. The number of carbonyl (C=O) groups is 1. The monoisotopic (exact) mass is 381 g/mol. The second-order valence-corrected chi connectivity index (χ2v) is 7.97. The molecule has 3 saturated heterocycles. The molecule has 2 aromatic rings. The van der Waals surface area contributed by atoms with E-state index in [4.69, 9.17) is 4.74 Å². The first kappa shape index (κ1) is 17.7. The third-order valence-corrected chi connectivity index (χ3v) is 6.24. The molecule has 3 aliphatic rings. The van der Waals surface area contributed by atoms with E-state index >= 15 is 0 Å². The van der Waals surface area contributed by atoms with E-state index in [9.17, 15) is 4.79 Å². The van der Waals surface area contributed by atoms with Gasteiger partial charge in [-0.2, -0.15) is 0 Å². The van der Waals surface area contributed by atoms with Gasteiger partial charge in [-0.1, -0.05) is 0 Å². The third kappa shape index (κ3) is 3.28. The van der Waals surface area contributed by atoms with Gasteiger partial charge < -0.3 is 19.4 Å². The van der Waals surface area contributed by atoms with Crippen LogP contribution in [0.3, 0.4) is 0 Å². The SMILES string of the molecule is O=C(C1CCOC1)N1CCN(c2ccc3ncnc(N4CCCC4)c3c2)CC1. The number of ether oxygens (including phenoxy) is 1. The fraction of sp³-hybridized carbons (Fsp3) is 0.571. The first-order chi connectivity index (χ1) is 13.8. The fourth-order valence-corrected chi connectivity index (χ4v) is 4.58. The van der Waals surface area contributed by atoms with Crippen LogP contribution in [-0.4, -0.2) is 73.3 Å². The number of rotatable bonds is 3. The maximum atomic E-state index is 12.6. The predicted molar refractivity (Wildman–Crippen MR) is 109 cm³/mol. The average Bonchev–Trinajstić information content (AvgIpc) is 3.47. The summed E-state index contributed by atoms with van der Waals surface area (Å²) in [5, 5.41) is 1.13. The molecule has 0 saturated carbocycles. The maximum absolute atomic E-state index is 12.6. The third-order valence-electron chi connectivity index (χ3n) is 6.24. The summed E-state index contributed by atoms with van der Waals surface area (Å²) in [7, 11) is 0. The Balaban J connectivity index is 1.32. The Morgan fingerprint density at radius 3 is 2.57 bits per heavy atom. The van der Waals surface area contributed by atoms with E-state index in [1.807, 2.05) is 4.90 Å². The van der Waals surface area contributed by atoms with Crippen LogP contribution in [0, 0.1) is 5.92 Å². The molecule has 1 aromatic heterocycles. The zero-order valence-electron chi connectivity index (χ0n) is 16.2. The van der Waals surface area contributed by atoms with Crippen LogP contribution < -0.4 is 9.80 Å². The second kappa shape index (κ2) is 7.54. The zero-order chi connectivity index (χ0) is 18.9. The van der Waals surface area contributed by atoms with Crippen LogP contribution in [0.5, 0.6) is 0 Å². The molecule has 5 rings (SSSR count). The minimum absolute atomic E-state index is 0.0624. The number of hydrogen-bond acceptors (Lipinski definition) is 6. The number of piperazine rings is 1. The first-order valence-corrected chi connectivity index (χ1v) is 10.4. The zero-order valence-corrected chi connectivity index (χ0v) is 16.2. The van der Waals surface area contributed by atoms with Crippen LogP contribution in [0.15, 0.2) is 24.5 Å². The number of benzene rings is 1. The van der Waals surface area contributed by atoms with E-state index < -0.39 is 0 Å². The van der Waals surface area contributed by atoms with Crippen molar-refractivity contribution < 1.29 is 9.53 Å². The molecular formula is C21H27N5O2. The molecule has 1 unspecified atom stereocenters. The Morgan fingerprint density at radius 1 is 1.00 bits per heavy atom. The summed E-state index contributed by atoms with van der Waals surface area (Å²) in [6.07, 6.45) is 5.00. The quantitative estimate of drug-likeness (QED) is 0.810. The molecule has 1 aromatic carbocycles. The van der Waals surface area contributed by atoms with Crippen molar-refractivity contribution in [2.24, 2.45) is 5.92 Å². The predicted octanol–water partition coefficient (Wildman–Crippen LogP) is 1.92. The van der Waals surface area contributed by atoms with E-state index in [-0.39, 0.29) is 11.8 Å². The van der Waals surface area contributed by atoms with Crippen LogP contribution in [0.1, 0.15) is 19.3 Å². The summed E-state index contributed by atoms with van der Waals surface area (Å²) in [6.45, 7) is 6.71. The van der Waals surface area contributed by atoms with Gasteiger partial charge in [0.1, 0.15) is 12.1 Å². The summed E-state index contributed by atoms with van der Waals surface area (Å²) in [5.74, 6) is 1.38. The van der Waals surface area contributed by atoms with Crippen molar-refractivity contribution in [3.63, 3.8) is 0 Å². The Kier molecular flexibility index (Phi) is 4.76. The molecule has 0 aliphatic carbocycles. The van der Waals surface area contributed by atoms with Crippen LogP contribution in [-0.2, 0) is 9.53 Å². The number of carbonyl (C=O) groups excluding carboxylic acids is 1. The van der Waals surface area contributed by atoms with Gasteiger partial charge >= 0.3 is 0 Å². The molecule has 0 N–H and O–H groups in total. The van der Waals surface area contributed by atoms with Crippen LogP contribution in [0.4, 0.5) is 11.5 Å². The van der Waals surface area contributed by atoms with Crippen molar-refractivity contribution in [3.8, 4) is 0 Å². The van der Waals surface area contributed by atoms with Gasteiger partial charge in [-0.05, 0) is 37.5 Å². The first-order valence-electron chi connectivity index (χ1n) is 10.4. The highest BCUT2D eigenvalue weighted by molar-refractivity contribution is 5.92. The molecule has 1 amide bonds. The lowest BCUT2D eigenvalue weighted by atomic mass is 10.1. The summed E-state index contributed by atoms with van der Waals surface area (Å²) in [5.41, 5.74) is 2.19. The molecular weight excluding hydrogens is 354 g/mol. The number of hydrogen-bond donors (Lipinski definition) is 0. The van der Waals surface area contributed by atoms with Crippen LogP contribution in [0.2, 0.25) is 0 Å². The van der Waals surface area contributed by atoms with Crippen LogP contribution in [0.25, 0.3) is 10.9 Å². The average molecular weight is 381 g/mol. The highest BCUT2D eigenvalue weighted by Gasteiger charge is 2.30. The molecule has 148 valence electrons. The number of amides is 1. The van der Waals surface area contributed by atoms with E-state index in [1.165, 1.54) is 18.5 Å². The second-order valence-electron chi connectivity index (χ2n) is 7.97. The van der Waals surface area contributed by atoms with E-state index in [0.717, 1.165) is 69.0 Å². The van der Waals surface area contributed by atoms with E-state index in [2.05, 4.69) is 38.0 Å². The van der Waals surface area contributed by atoms with Crippen LogP contribution >= 0.6 is 0 Å². The summed E-state index contributed by atoms with van der Waals surface area (Å²) >= 11 is 0. The lowest BCUT2D eigenvalue weighted by Gasteiger charge is -2.37. The van der Waals surface area contributed by atoms with Gasteiger partial charge in [-0.25, -0.2) is 9.97 Å². The number of nitrogens with zero attached hydrogens (tertiary/aromatic N) is 5. The molecule has 3 fully saturated rings. The van der Waals surface area contributed by atoms with Crippen molar-refractivity contribution in [2.75, 3.05) is 62.3 Å². The Labute approximate surface area is 165 Å². The molecule has 4 heterocycles. The summed E-state index contributed by atoms with van der Waals surface area (Å²) in [4.78, 5) is 28.4. The molecule has 28 heavy (non-hydrogen) atoms. The number of fused-ring (bicyclic) bond motifs is 1. The minimum Gasteiger partial charge on any atom is -0.381 e. The molecule has 7 heteroatoms. The van der Waals surface area contributed by atoms with E-state index in [1.54, 1.807) is 6.33 Å². The number of anilines is 2. The standard InChI is InChI=1S/C21H27N5O2/c27-21(16-5-12-28-14-16)26-10-8-24(9-11-26)17-3-4-19-18(13-17)20(23-15-22-19)25-6-1-2-7-25/h3-4,13,15-16H,1-2,5-12,14H2. The molecule has 7 nitrogen and oxygen atoms in total. The molecule has 0 radical (unpaired) electrons. The van der Waals surface area contributed by atoms with Gasteiger partial charge in [0.05, 0.1) is 18.0 Å². The fourth-order valence-electron chi connectivity index (χ4n) is 4.58. The lowest BCUT2D eigenvalue weighted by Crippen LogP contribution is -2.50. The largest absolute Gasteiger partial charge is 0.381 e. The Bertz CT molecular complexity index is 853. The number of aromatic nitrogens is 2. The Hall–Kier alpha value is -2.41. The molecule has 1 atom stereocenters. The van der Waals surface area contributed by atoms with Crippen molar-refractivity contribution in [2.45, 2.75) is 19.3 Å². The van der Waals surface area contributed by atoms with Crippen molar-refractivity contribution >= 4 is 28.3 Å². The van der Waals surface area contributed by atoms with Gasteiger partial charge in [0.25, 0.3) is 0 Å². The van der Waals surface area contributed by atoms with Gasteiger partial charge in [0, 0.05) is 56.9 Å². The normalized spacial score (nSPS) is 23.0. The van der Waals surface area contributed by atoms with Gasteiger partial charge in [-0.3, -0.25) is 4.79 Å². The highest BCUT2D eigenvalue weighted by Crippen LogP contribution is 2.30.